The van der Waals surface area contributed by atoms with Crippen LogP contribution in [0.3, 0.4) is 0 Å². The molecule has 38 heavy (non-hydrogen) atoms. The summed E-state index contributed by atoms with van der Waals surface area (Å²) >= 11 is 13.1. The summed E-state index contributed by atoms with van der Waals surface area (Å²) in [4.78, 5) is 20.6. The highest BCUT2D eigenvalue weighted by Crippen LogP contribution is 2.46. The van der Waals surface area contributed by atoms with Gasteiger partial charge in [-0.25, -0.2) is 4.79 Å². The van der Waals surface area contributed by atoms with Crippen LogP contribution >= 0.6 is 23.2 Å². The minimum Gasteiger partial charge on any atom is -0.477 e. The van der Waals surface area contributed by atoms with Gasteiger partial charge >= 0.3 is 5.97 Å². The van der Waals surface area contributed by atoms with E-state index >= 15 is 0 Å². The molecule has 3 unspecified atom stereocenters. The molecule has 0 radical (unpaired) electrons. The summed E-state index contributed by atoms with van der Waals surface area (Å²) in [6.45, 7) is 5.97. The van der Waals surface area contributed by atoms with Crippen LogP contribution in [-0.4, -0.2) is 70.0 Å². The van der Waals surface area contributed by atoms with Crippen molar-refractivity contribution in [3.8, 4) is 11.3 Å². The van der Waals surface area contributed by atoms with Crippen LogP contribution in [0.1, 0.15) is 37.0 Å². The van der Waals surface area contributed by atoms with E-state index in [1.54, 1.807) is 6.08 Å². The number of hydrogen-bond donors (Lipinski definition) is 1. The number of fused-ring (bicyclic) bond motifs is 1. The van der Waals surface area contributed by atoms with E-state index in [1.807, 2.05) is 30.4 Å². The molecule has 3 heterocycles. The number of allylic oxidation sites excluding steroid dienone is 1. The number of aromatic nitrogens is 1. The number of aliphatic imine (C=N–C) groups is 1. The largest absolute Gasteiger partial charge is 0.477 e. The fourth-order valence-corrected chi connectivity index (χ4v) is 6.26. The Kier molecular flexibility index (Phi) is 6.93. The molecule has 0 amide bonds. The van der Waals surface area contributed by atoms with Crippen molar-refractivity contribution in [3.63, 3.8) is 0 Å². The standard InChI is InChI=1S/C29H30Cl2N4O3/c1-17-16-35(20-8-10-24-19(15-20)7-9-25(32-24)29(36)37)14-13-34(17)12-11-21-27(33-38-28(21)18-5-6-18)26-22(30)3-2-4-23(26)31/h2-4,7-10,15,17-19,24H,5-6,11-14,16H2,1H3,(H,36,37). The maximum Gasteiger partial charge on any atom is 0.354 e. The molecule has 9 heteroatoms. The molecule has 0 bridgehead atoms. The van der Waals surface area contributed by atoms with Crippen molar-refractivity contribution in [1.29, 1.82) is 0 Å². The van der Waals surface area contributed by atoms with Gasteiger partial charge < -0.3 is 14.5 Å². The van der Waals surface area contributed by atoms with Gasteiger partial charge in [-0.1, -0.05) is 52.7 Å². The van der Waals surface area contributed by atoms with Gasteiger partial charge in [0.15, 0.2) is 0 Å². The molecule has 1 saturated heterocycles. The van der Waals surface area contributed by atoms with Gasteiger partial charge in [-0.15, -0.1) is 0 Å². The summed E-state index contributed by atoms with van der Waals surface area (Å²) in [6, 6.07) is 5.76. The molecule has 2 aliphatic heterocycles. The Bertz CT molecular complexity index is 1350. The van der Waals surface area contributed by atoms with Gasteiger partial charge in [0.25, 0.3) is 0 Å². The number of aliphatic carboxylic acids is 1. The van der Waals surface area contributed by atoms with Crippen LogP contribution < -0.4 is 0 Å². The molecule has 6 rings (SSSR count). The Hall–Kier alpha value is -2.87. The summed E-state index contributed by atoms with van der Waals surface area (Å²) in [5.41, 5.74) is 3.96. The van der Waals surface area contributed by atoms with Crippen molar-refractivity contribution >= 4 is 34.9 Å². The number of carbonyl (C=O) groups is 1. The molecule has 2 fully saturated rings. The first-order valence-corrected chi connectivity index (χ1v) is 14.0. The van der Waals surface area contributed by atoms with E-state index in [9.17, 15) is 9.90 Å². The Labute approximate surface area is 232 Å². The van der Waals surface area contributed by atoms with Crippen molar-refractivity contribution < 1.29 is 14.4 Å². The van der Waals surface area contributed by atoms with E-state index in [1.165, 1.54) is 5.70 Å². The number of piperazine rings is 1. The van der Waals surface area contributed by atoms with Crippen molar-refractivity contribution in [2.75, 3.05) is 26.2 Å². The van der Waals surface area contributed by atoms with E-state index in [4.69, 9.17) is 27.7 Å². The predicted molar refractivity (Wildman–Crippen MR) is 149 cm³/mol. The molecule has 4 aliphatic rings. The second-order valence-electron chi connectivity index (χ2n) is 10.5. The van der Waals surface area contributed by atoms with Gasteiger partial charge in [-0.2, -0.15) is 0 Å². The summed E-state index contributed by atoms with van der Waals surface area (Å²) in [5.74, 6) is 0.547. The van der Waals surface area contributed by atoms with E-state index in [2.05, 4.69) is 39.0 Å². The van der Waals surface area contributed by atoms with Crippen LogP contribution in [0.4, 0.5) is 0 Å². The minimum absolute atomic E-state index is 0.0935. The van der Waals surface area contributed by atoms with Crippen LogP contribution in [0.5, 0.6) is 0 Å². The highest BCUT2D eigenvalue weighted by Gasteiger charge is 2.34. The normalized spacial score (nSPS) is 25.2. The van der Waals surface area contributed by atoms with E-state index in [0.29, 0.717) is 22.0 Å². The molecular formula is C29H30Cl2N4O3. The topological polar surface area (TPSA) is 82.2 Å². The fourth-order valence-electron chi connectivity index (χ4n) is 5.69. The third kappa shape index (κ3) is 4.95. The molecule has 3 atom stereocenters. The van der Waals surface area contributed by atoms with Crippen LogP contribution in [0.2, 0.25) is 10.0 Å². The number of dihydropyridines is 1. The van der Waals surface area contributed by atoms with Gasteiger partial charge in [0, 0.05) is 60.9 Å². The van der Waals surface area contributed by atoms with Gasteiger partial charge in [-0.05, 0) is 50.5 Å². The lowest BCUT2D eigenvalue weighted by molar-refractivity contribution is -0.129. The quantitative estimate of drug-likeness (QED) is 0.480. The summed E-state index contributed by atoms with van der Waals surface area (Å²) in [5, 5.41) is 14.8. The molecule has 0 spiro atoms. The fraction of sp³-hybridized carbons (Fsp3) is 0.414. The number of benzene rings is 1. The summed E-state index contributed by atoms with van der Waals surface area (Å²) < 4.78 is 5.85. The van der Waals surface area contributed by atoms with Crippen molar-refractivity contribution in [1.82, 2.24) is 15.0 Å². The van der Waals surface area contributed by atoms with Crippen LogP contribution in [-0.2, 0) is 11.2 Å². The number of hydrogen-bond acceptors (Lipinski definition) is 6. The number of nitrogens with zero attached hydrogens (tertiary/aromatic N) is 4. The SMILES string of the molecule is CC1CN(C2=CC3C=CC(C(=O)O)=NC3C=C2)CCN1CCc1c(-c2c(Cl)cccc2Cl)noc1C1CC1. The molecule has 1 saturated carbocycles. The Balaban J connectivity index is 1.13. The zero-order valence-corrected chi connectivity index (χ0v) is 22.7. The van der Waals surface area contributed by atoms with E-state index in [-0.39, 0.29) is 17.7 Å². The zero-order valence-electron chi connectivity index (χ0n) is 21.2. The molecule has 2 aliphatic carbocycles. The third-order valence-corrected chi connectivity index (χ3v) is 8.58. The van der Waals surface area contributed by atoms with Crippen molar-refractivity contribution in [2.45, 2.75) is 44.2 Å². The smallest absolute Gasteiger partial charge is 0.354 e. The summed E-state index contributed by atoms with van der Waals surface area (Å²) in [6.07, 6.45) is 13.0. The number of carboxylic acid groups (broad SMARTS) is 1. The molecule has 7 nitrogen and oxygen atoms in total. The predicted octanol–water partition coefficient (Wildman–Crippen LogP) is 5.61. The van der Waals surface area contributed by atoms with E-state index < -0.39 is 5.97 Å². The highest BCUT2D eigenvalue weighted by molar-refractivity contribution is 6.40. The van der Waals surface area contributed by atoms with Gasteiger partial charge in [0.05, 0.1) is 16.1 Å². The monoisotopic (exact) mass is 552 g/mol. The maximum atomic E-state index is 11.3. The van der Waals surface area contributed by atoms with Crippen molar-refractivity contribution in [2.24, 2.45) is 10.9 Å². The molecule has 1 aromatic carbocycles. The first-order chi connectivity index (χ1) is 18.4. The number of rotatable bonds is 7. The number of carboxylic acids is 1. The Morgan fingerprint density at radius 2 is 1.95 bits per heavy atom. The lowest BCUT2D eigenvalue weighted by Gasteiger charge is -2.42. The highest BCUT2D eigenvalue weighted by atomic mass is 35.5. The van der Waals surface area contributed by atoms with Gasteiger partial charge in [0.2, 0.25) is 0 Å². The first-order valence-electron chi connectivity index (χ1n) is 13.2. The number of halogens is 2. The Morgan fingerprint density at radius 3 is 2.66 bits per heavy atom. The summed E-state index contributed by atoms with van der Waals surface area (Å²) in [7, 11) is 0. The molecular weight excluding hydrogens is 523 g/mol. The minimum atomic E-state index is -0.981. The van der Waals surface area contributed by atoms with Crippen LogP contribution in [0, 0.1) is 5.92 Å². The first kappa shape index (κ1) is 25.4. The molecule has 1 aromatic heterocycles. The van der Waals surface area contributed by atoms with Crippen LogP contribution in [0.15, 0.2) is 63.8 Å². The lowest BCUT2D eigenvalue weighted by atomic mass is 9.90. The zero-order chi connectivity index (χ0) is 26.4. The second-order valence-corrected chi connectivity index (χ2v) is 11.3. The molecule has 2 aromatic rings. The van der Waals surface area contributed by atoms with Gasteiger partial charge in [-0.3, -0.25) is 9.89 Å². The third-order valence-electron chi connectivity index (χ3n) is 7.95. The molecule has 1 N–H and O–H groups in total. The van der Waals surface area contributed by atoms with Crippen molar-refractivity contribution in [3.05, 3.63) is 75.6 Å². The molecule has 198 valence electrons. The second kappa shape index (κ2) is 10.4. The lowest BCUT2D eigenvalue weighted by Crippen LogP contribution is -2.52. The van der Waals surface area contributed by atoms with E-state index in [0.717, 1.165) is 68.0 Å². The average Bonchev–Trinajstić information content (AvgIpc) is 3.67. The average molecular weight is 553 g/mol. The Morgan fingerprint density at radius 1 is 1.16 bits per heavy atom. The van der Waals surface area contributed by atoms with Gasteiger partial charge in [0.1, 0.15) is 17.2 Å². The maximum absolute atomic E-state index is 11.3. The van der Waals surface area contributed by atoms with Crippen LogP contribution in [0.25, 0.3) is 11.3 Å².